The molecule has 0 atom stereocenters. The zero-order valence-electron chi connectivity index (χ0n) is 15.2. The van der Waals surface area contributed by atoms with Gasteiger partial charge in [-0.15, -0.1) is 0 Å². The molecule has 0 aliphatic carbocycles. The second-order valence-electron chi connectivity index (χ2n) is 6.39. The van der Waals surface area contributed by atoms with Gasteiger partial charge in [0.2, 0.25) is 0 Å². The molecular formula is C19H18BF2NO5. The Bertz CT molecular complexity index is 842. The van der Waals surface area contributed by atoms with Gasteiger partial charge in [0.15, 0.2) is 0 Å². The standard InChI is InChI=1S/C19H18BF2NO5/c1-23-11-18(24)27-20(28-19(25)12-23)16-7-6-15(10-17(16)22)26-9-8-13-2-4-14(21)5-3-13/h2-7,10H,8-9,11-12H2,1H3. The van der Waals surface area contributed by atoms with E-state index in [0.717, 1.165) is 11.6 Å². The summed E-state index contributed by atoms with van der Waals surface area (Å²) in [5.41, 5.74) is 0.814. The van der Waals surface area contributed by atoms with Crippen LogP contribution in [0.5, 0.6) is 5.75 Å². The predicted molar refractivity (Wildman–Crippen MR) is 97.1 cm³/mol. The molecule has 6 nitrogen and oxygen atoms in total. The molecule has 0 N–H and O–H groups in total. The monoisotopic (exact) mass is 389 g/mol. The molecule has 1 aliphatic heterocycles. The maximum atomic E-state index is 14.5. The highest BCUT2D eigenvalue weighted by Crippen LogP contribution is 2.14. The Hall–Kier alpha value is -2.94. The molecule has 0 radical (unpaired) electrons. The van der Waals surface area contributed by atoms with E-state index in [4.69, 9.17) is 14.0 Å². The van der Waals surface area contributed by atoms with Gasteiger partial charge >= 0.3 is 19.1 Å². The van der Waals surface area contributed by atoms with Crippen LogP contribution in [0.2, 0.25) is 0 Å². The molecular weight excluding hydrogens is 371 g/mol. The molecule has 0 bridgehead atoms. The van der Waals surface area contributed by atoms with Gasteiger partial charge in [0.05, 0.1) is 19.7 Å². The molecule has 0 unspecified atom stereocenters. The minimum Gasteiger partial charge on any atom is -0.494 e. The third-order valence-electron chi connectivity index (χ3n) is 4.07. The van der Waals surface area contributed by atoms with E-state index in [-0.39, 0.29) is 36.7 Å². The van der Waals surface area contributed by atoms with Crippen molar-refractivity contribution in [2.45, 2.75) is 6.42 Å². The summed E-state index contributed by atoms with van der Waals surface area (Å²) in [5, 5.41) is 0. The summed E-state index contributed by atoms with van der Waals surface area (Å²) in [4.78, 5) is 25.0. The molecule has 2 aromatic carbocycles. The van der Waals surface area contributed by atoms with E-state index in [9.17, 15) is 18.4 Å². The minimum absolute atomic E-state index is 0.0721. The number of halogens is 2. The van der Waals surface area contributed by atoms with Crippen LogP contribution in [-0.4, -0.2) is 50.7 Å². The van der Waals surface area contributed by atoms with Gasteiger partial charge in [0, 0.05) is 17.9 Å². The first-order chi connectivity index (χ1) is 13.4. The van der Waals surface area contributed by atoms with Crippen molar-refractivity contribution < 1.29 is 32.4 Å². The normalized spacial score (nSPS) is 15.5. The number of benzene rings is 2. The Morgan fingerprint density at radius 2 is 1.68 bits per heavy atom. The van der Waals surface area contributed by atoms with Crippen LogP contribution in [0.1, 0.15) is 5.56 Å². The van der Waals surface area contributed by atoms with Gasteiger partial charge in [0.25, 0.3) is 0 Å². The molecule has 0 aromatic heterocycles. The lowest BCUT2D eigenvalue weighted by Gasteiger charge is -2.22. The van der Waals surface area contributed by atoms with Crippen LogP contribution in [0.3, 0.4) is 0 Å². The highest BCUT2D eigenvalue weighted by molar-refractivity contribution is 6.64. The molecule has 1 saturated heterocycles. The molecule has 9 heteroatoms. The van der Waals surface area contributed by atoms with E-state index in [1.165, 1.54) is 29.2 Å². The van der Waals surface area contributed by atoms with E-state index in [0.29, 0.717) is 6.42 Å². The maximum Gasteiger partial charge on any atom is 0.639 e. The van der Waals surface area contributed by atoms with E-state index >= 15 is 0 Å². The zero-order chi connectivity index (χ0) is 20.1. The Balaban J connectivity index is 1.63. The van der Waals surface area contributed by atoms with E-state index in [2.05, 4.69) is 0 Å². The van der Waals surface area contributed by atoms with Gasteiger partial charge in [-0.3, -0.25) is 14.5 Å². The first-order valence-corrected chi connectivity index (χ1v) is 8.65. The maximum absolute atomic E-state index is 14.5. The lowest BCUT2D eigenvalue weighted by molar-refractivity contribution is -0.145. The van der Waals surface area contributed by atoms with Gasteiger partial charge in [0.1, 0.15) is 17.4 Å². The number of rotatable bonds is 5. The van der Waals surface area contributed by atoms with Crippen LogP contribution in [0, 0.1) is 11.6 Å². The largest absolute Gasteiger partial charge is 0.639 e. The fourth-order valence-electron chi connectivity index (χ4n) is 2.69. The molecule has 3 rings (SSSR count). The molecule has 0 saturated carbocycles. The molecule has 1 heterocycles. The van der Waals surface area contributed by atoms with Crippen molar-refractivity contribution >= 4 is 24.5 Å². The van der Waals surface area contributed by atoms with E-state index in [1.807, 2.05) is 0 Å². The average molecular weight is 389 g/mol. The molecule has 1 fully saturated rings. The highest BCUT2D eigenvalue weighted by atomic mass is 19.1. The Labute approximate surface area is 161 Å². The van der Waals surface area contributed by atoms with Crippen molar-refractivity contribution in [2.75, 3.05) is 26.7 Å². The van der Waals surface area contributed by atoms with Crippen molar-refractivity contribution in [1.82, 2.24) is 4.90 Å². The first-order valence-electron chi connectivity index (χ1n) is 8.65. The molecule has 28 heavy (non-hydrogen) atoms. The SMILES string of the molecule is CN1CC(=O)OB(c2ccc(OCCc3ccc(F)cc3)cc2F)OC(=O)C1. The molecule has 1 aliphatic rings. The summed E-state index contributed by atoms with van der Waals surface area (Å²) in [6, 6.07) is 9.99. The summed E-state index contributed by atoms with van der Waals surface area (Å²) < 4.78 is 43.0. The van der Waals surface area contributed by atoms with E-state index < -0.39 is 24.9 Å². The third kappa shape index (κ3) is 5.29. The summed E-state index contributed by atoms with van der Waals surface area (Å²) >= 11 is 0. The summed E-state index contributed by atoms with van der Waals surface area (Å²) in [7, 11) is 0.128. The van der Waals surface area contributed by atoms with Crippen molar-refractivity contribution in [3.63, 3.8) is 0 Å². The highest BCUT2D eigenvalue weighted by Gasteiger charge is 2.36. The topological polar surface area (TPSA) is 65.1 Å². The predicted octanol–water partition coefficient (Wildman–Crippen LogP) is 1.31. The van der Waals surface area contributed by atoms with Crippen LogP contribution in [0.15, 0.2) is 42.5 Å². The van der Waals surface area contributed by atoms with Gasteiger partial charge in [-0.25, -0.2) is 8.78 Å². The Kier molecular flexibility index (Phi) is 6.25. The minimum atomic E-state index is -1.44. The van der Waals surface area contributed by atoms with E-state index in [1.54, 1.807) is 19.2 Å². The fraction of sp³-hybridized carbons (Fsp3) is 0.263. The van der Waals surface area contributed by atoms with Crippen molar-refractivity contribution in [1.29, 1.82) is 0 Å². The molecule has 2 aromatic rings. The van der Waals surface area contributed by atoms with Gasteiger partial charge < -0.3 is 14.0 Å². The second kappa shape index (κ2) is 8.84. The number of ether oxygens (including phenoxy) is 1. The van der Waals surface area contributed by atoms with Crippen molar-refractivity contribution in [3.8, 4) is 5.75 Å². The van der Waals surface area contributed by atoms with Gasteiger partial charge in [-0.05, 0) is 30.8 Å². The van der Waals surface area contributed by atoms with Crippen LogP contribution in [-0.2, 0) is 25.3 Å². The lowest BCUT2D eigenvalue weighted by atomic mass is 9.78. The van der Waals surface area contributed by atoms with Crippen molar-refractivity contribution in [2.24, 2.45) is 0 Å². The van der Waals surface area contributed by atoms with Gasteiger partial charge in [-0.2, -0.15) is 0 Å². The second-order valence-corrected chi connectivity index (χ2v) is 6.39. The number of hydrogen-bond acceptors (Lipinski definition) is 6. The van der Waals surface area contributed by atoms with Gasteiger partial charge in [-0.1, -0.05) is 18.2 Å². The summed E-state index contributed by atoms with van der Waals surface area (Å²) in [6.07, 6.45) is 0.523. The molecule has 0 amide bonds. The number of hydrogen-bond donors (Lipinski definition) is 0. The summed E-state index contributed by atoms with van der Waals surface area (Å²) in [5.74, 6) is -2.02. The number of likely N-dealkylation sites (N-methyl/N-ethyl adjacent to an activating group) is 1. The third-order valence-corrected chi connectivity index (χ3v) is 4.07. The zero-order valence-corrected chi connectivity index (χ0v) is 15.2. The first kappa shape index (κ1) is 19.8. The van der Waals surface area contributed by atoms with Crippen LogP contribution >= 0.6 is 0 Å². The Morgan fingerprint density at radius 1 is 1.04 bits per heavy atom. The smallest absolute Gasteiger partial charge is 0.494 e. The summed E-state index contributed by atoms with van der Waals surface area (Å²) in [6.45, 7) is 0.0692. The fourth-order valence-corrected chi connectivity index (χ4v) is 2.69. The molecule has 0 spiro atoms. The van der Waals surface area contributed by atoms with Crippen LogP contribution < -0.4 is 10.2 Å². The van der Waals surface area contributed by atoms with Crippen molar-refractivity contribution in [3.05, 3.63) is 59.7 Å². The Morgan fingerprint density at radius 3 is 2.29 bits per heavy atom. The lowest BCUT2D eigenvalue weighted by Crippen LogP contribution is -2.48. The van der Waals surface area contributed by atoms with Crippen LogP contribution in [0.4, 0.5) is 8.78 Å². The quantitative estimate of drug-likeness (QED) is 0.719. The molecule has 146 valence electrons. The average Bonchev–Trinajstić information content (AvgIpc) is 2.61. The van der Waals surface area contributed by atoms with Crippen LogP contribution in [0.25, 0.3) is 0 Å². The number of carbonyl (C=O) groups is 2. The number of carbonyl (C=O) groups excluding carboxylic acids is 2. The number of nitrogens with zero attached hydrogens (tertiary/aromatic N) is 1.